The Hall–Kier alpha value is -2.37. The number of thiazole rings is 1. The lowest BCUT2D eigenvalue weighted by molar-refractivity contribution is 0.0997. The molecular weight excluding hydrogens is 486 g/mol. The molecule has 0 aliphatic carbocycles. The largest absolute Gasteiger partial charge is 0.383 e. The zero-order chi connectivity index (χ0) is 25.4. The van der Waals surface area contributed by atoms with Crippen molar-refractivity contribution in [1.82, 2.24) is 8.87 Å². The molecule has 3 aromatic rings. The maximum atomic E-state index is 13.1. The number of rotatable bonds is 12. The standard InChI is InChI=1S/C25H33N3O5S2/c1-5-13-28-22-12-7-19(6-2)18-23(22)34-25(28)26-24(29)20-8-10-21(11-9-20)35(30,31)27(14-16-32-3)15-17-33-4/h7-12,18H,5-6,13-17H2,1-4H3. The maximum Gasteiger partial charge on any atom is 0.279 e. The van der Waals surface area contributed by atoms with Gasteiger partial charge in [-0.15, -0.1) is 0 Å². The number of methoxy groups -OCH3 is 2. The first-order valence-electron chi connectivity index (χ1n) is 11.6. The van der Waals surface area contributed by atoms with E-state index < -0.39 is 15.9 Å². The molecule has 1 amide bonds. The van der Waals surface area contributed by atoms with E-state index in [2.05, 4.69) is 41.6 Å². The van der Waals surface area contributed by atoms with Gasteiger partial charge in [0.05, 0.1) is 28.3 Å². The number of hydrogen-bond donors (Lipinski definition) is 0. The molecule has 0 bridgehead atoms. The molecule has 190 valence electrons. The highest BCUT2D eigenvalue weighted by Crippen LogP contribution is 2.21. The van der Waals surface area contributed by atoms with Crippen molar-refractivity contribution in [3.05, 3.63) is 58.4 Å². The first-order chi connectivity index (χ1) is 16.8. The average Bonchev–Trinajstić information content (AvgIpc) is 3.20. The molecule has 10 heteroatoms. The van der Waals surface area contributed by atoms with Crippen LogP contribution >= 0.6 is 11.3 Å². The molecular formula is C25H33N3O5S2. The molecule has 0 N–H and O–H groups in total. The second kappa shape index (κ2) is 12.5. The quantitative estimate of drug-likeness (QED) is 0.364. The number of carbonyl (C=O) groups is 1. The van der Waals surface area contributed by atoms with Crippen LogP contribution < -0.4 is 4.80 Å². The normalized spacial score (nSPS) is 12.7. The first kappa shape index (κ1) is 27.2. The number of aromatic nitrogens is 1. The third kappa shape index (κ3) is 6.45. The van der Waals surface area contributed by atoms with Crippen molar-refractivity contribution in [3.8, 4) is 0 Å². The number of ether oxygens (including phenoxy) is 2. The summed E-state index contributed by atoms with van der Waals surface area (Å²) in [5.41, 5.74) is 2.63. The van der Waals surface area contributed by atoms with Gasteiger partial charge in [0.25, 0.3) is 5.91 Å². The number of amides is 1. The van der Waals surface area contributed by atoms with Crippen molar-refractivity contribution in [2.45, 2.75) is 38.1 Å². The Bertz CT molecular complexity index is 1300. The minimum atomic E-state index is -3.76. The van der Waals surface area contributed by atoms with Crippen LogP contribution in [0.4, 0.5) is 0 Å². The molecule has 0 aliphatic rings. The van der Waals surface area contributed by atoms with Crippen molar-refractivity contribution >= 4 is 37.5 Å². The maximum absolute atomic E-state index is 13.1. The molecule has 0 saturated heterocycles. The lowest BCUT2D eigenvalue weighted by Crippen LogP contribution is -2.36. The highest BCUT2D eigenvalue weighted by molar-refractivity contribution is 7.89. The fourth-order valence-corrected chi connectivity index (χ4v) is 6.20. The molecule has 0 saturated carbocycles. The van der Waals surface area contributed by atoms with Crippen molar-refractivity contribution in [2.75, 3.05) is 40.5 Å². The van der Waals surface area contributed by atoms with E-state index in [1.807, 2.05) is 0 Å². The summed E-state index contributed by atoms with van der Waals surface area (Å²) in [5, 5.41) is 0. The van der Waals surface area contributed by atoms with Crippen molar-refractivity contribution in [3.63, 3.8) is 0 Å². The van der Waals surface area contributed by atoms with E-state index in [1.54, 1.807) is 0 Å². The molecule has 0 unspecified atom stereocenters. The van der Waals surface area contributed by atoms with Crippen molar-refractivity contribution < 1.29 is 22.7 Å². The minimum Gasteiger partial charge on any atom is -0.383 e. The lowest BCUT2D eigenvalue weighted by atomic mass is 10.2. The molecule has 3 rings (SSSR count). The topological polar surface area (TPSA) is 90.2 Å². The lowest BCUT2D eigenvalue weighted by Gasteiger charge is -2.21. The first-order valence-corrected chi connectivity index (χ1v) is 13.9. The van der Waals surface area contributed by atoms with Crippen LogP contribution in [-0.4, -0.2) is 63.7 Å². The van der Waals surface area contributed by atoms with Crippen LogP contribution in [0.25, 0.3) is 10.2 Å². The Balaban J connectivity index is 1.91. The third-order valence-corrected chi connectivity index (χ3v) is 8.58. The second-order valence-electron chi connectivity index (χ2n) is 8.02. The van der Waals surface area contributed by atoms with E-state index in [0.717, 1.165) is 29.6 Å². The third-order valence-electron chi connectivity index (χ3n) is 5.63. The number of carbonyl (C=O) groups excluding carboxylic acids is 1. The zero-order valence-electron chi connectivity index (χ0n) is 20.7. The van der Waals surface area contributed by atoms with Gasteiger partial charge in [-0.3, -0.25) is 4.79 Å². The van der Waals surface area contributed by atoms with Gasteiger partial charge in [0.1, 0.15) is 0 Å². The van der Waals surface area contributed by atoms with Crippen LogP contribution in [0.3, 0.4) is 0 Å². The smallest absolute Gasteiger partial charge is 0.279 e. The Morgan fingerprint density at radius 3 is 2.26 bits per heavy atom. The number of fused-ring (bicyclic) bond motifs is 1. The summed E-state index contributed by atoms with van der Waals surface area (Å²) in [6.45, 7) is 5.92. The molecule has 0 spiro atoms. The van der Waals surface area contributed by atoms with Gasteiger partial charge in [-0.2, -0.15) is 9.30 Å². The summed E-state index contributed by atoms with van der Waals surface area (Å²) < 4.78 is 40.8. The van der Waals surface area contributed by atoms with E-state index >= 15 is 0 Å². The molecule has 0 fully saturated rings. The minimum absolute atomic E-state index is 0.108. The Labute approximate surface area is 210 Å². The van der Waals surface area contributed by atoms with Crippen molar-refractivity contribution in [2.24, 2.45) is 4.99 Å². The number of sulfonamides is 1. The summed E-state index contributed by atoms with van der Waals surface area (Å²) in [5.74, 6) is -0.406. The van der Waals surface area contributed by atoms with Gasteiger partial charge >= 0.3 is 0 Å². The summed E-state index contributed by atoms with van der Waals surface area (Å²) in [4.78, 5) is 18.1. The molecule has 0 atom stereocenters. The van der Waals surface area contributed by atoms with Gasteiger partial charge in [0.15, 0.2) is 4.80 Å². The monoisotopic (exact) mass is 519 g/mol. The number of nitrogens with zero attached hydrogens (tertiary/aromatic N) is 3. The van der Waals surface area contributed by atoms with E-state index in [9.17, 15) is 13.2 Å². The van der Waals surface area contributed by atoms with Crippen LogP contribution in [0, 0.1) is 0 Å². The predicted octanol–water partition coefficient (Wildman–Crippen LogP) is 3.70. The molecule has 1 aromatic heterocycles. The summed E-state index contributed by atoms with van der Waals surface area (Å²) >= 11 is 1.49. The van der Waals surface area contributed by atoms with Gasteiger partial charge in [0.2, 0.25) is 10.0 Å². The van der Waals surface area contributed by atoms with Gasteiger partial charge in [-0.1, -0.05) is 31.3 Å². The van der Waals surface area contributed by atoms with Gasteiger partial charge in [-0.05, 0) is 54.8 Å². The van der Waals surface area contributed by atoms with Gasteiger partial charge < -0.3 is 14.0 Å². The Morgan fingerprint density at radius 2 is 1.69 bits per heavy atom. The highest BCUT2D eigenvalue weighted by Gasteiger charge is 2.24. The summed E-state index contributed by atoms with van der Waals surface area (Å²) in [7, 11) is -0.711. The number of benzene rings is 2. The van der Waals surface area contributed by atoms with E-state index in [-0.39, 0.29) is 31.2 Å². The average molecular weight is 520 g/mol. The molecule has 35 heavy (non-hydrogen) atoms. The Morgan fingerprint density at radius 1 is 1.03 bits per heavy atom. The molecule has 2 aromatic carbocycles. The second-order valence-corrected chi connectivity index (χ2v) is 11.0. The van der Waals surface area contributed by atoms with Crippen LogP contribution in [0.1, 0.15) is 36.2 Å². The Kier molecular flexibility index (Phi) is 9.76. The van der Waals surface area contributed by atoms with Crippen molar-refractivity contribution in [1.29, 1.82) is 0 Å². The van der Waals surface area contributed by atoms with Crippen LogP contribution in [0.5, 0.6) is 0 Å². The van der Waals surface area contributed by atoms with Crippen LogP contribution in [0.2, 0.25) is 0 Å². The van der Waals surface area contributed by atoms with Crippen LogP contribution in [-0.2, 0) is 32.5 Å². The van der Waals surface area contributed by atoms with E-state index in [0.29, 0.717) is 10.4 Å². The molecule has 0 aliphatic heterocycles. The molecule has 8 nitrogen and oxygen atoms in total. The van der Waals surface area contributed by atoms with Crippen LogP contribution in [0.15, 0.2) is 52.4 Å². The molecule has 1 heterocycles. The molecule has 0 radical (unpaired) electrons. The van der Waals surface area contributed by atoms with Gasteiger partial charge in [-0.25, -0.2) is 8.42 Å². The SMILES string of the molecule is CCCn1c(=NC(=O)c2ccc(S(=O)(=O)N(CCOC)CCOC)cc2)sc2cc(CC)ccc21. The van der Waals surface area contributed by atoms with E-state index in [1.165, 1.54) is 59.7 Å². The van der Waals surface area contributed by atoms with Gasteiger partial charge in [0, 0.05) is 39.4 Å². The fourth-order valence-electron chi connectivity index (χ4n) is 3.67. The predicted molar refractivity (Wildman–Crippen MR) is 138 cm³/mol. The highest BCUT2D eigenvalue weighted by atomic mass is 32.2. The summed E-state index contributed by atoms with van der Waals surface area (Å²) in [6.07, 6.45) is 1.86. The fraction of sp³-hybridized carbons (Fsp3) is 0.440. The summed E-state index contributed by atoms with van der Waals surface area (Å²) in [6, 6.07) is 12.3. The van der Waals surface area contributed by atoms with E-state index in [4.69, 9.17) is 9.47 Å². The zero-order valence-corrected chi connectivity index (χ0v) is 22.3. The number of aryl methyl sites for hydroxylation is 2. The number of hydrogen-bond acceptors (Lipinski definition) is 6.